The maximum Gasteiger partial charge on any atom is 0.260 e. The molecule has 0 saturated heterocycles. The van der Waals surface area contributed by atoms with Gasteiger partial charge in [0.1, 0.15) is 6.17 Å². The minimum atomic E-state index is -0.509. The van der Waals surface area contributed by atoms with E-state index in [4.69, 9.17) is 4.52 Å². The Labute approximate surface area is 184 Å². The molecule has 0 saturated carbocycles. The molecule has 0 unspecified atom stereocenters. The predicted octanol–water partition coefficient (Wildman–Crippen LogP) is 2.59. The molecule has 0 spiro atoms. The zero-order chi connectivity index (χ0) is 22.2. The van der Waals surface area contributed by atoms with Crippen LogP contribution in [0, 0.1) is 6.92 Å². The third-order valence-corrected chi connectivity index (χ3v) is 5.69. The number of nitrogens with zero attached hydrogens (tertiary/aromatic N) is 4. The Balaban J connectivity index is 1.32. The van der Waals surface area contributed by atoms with E-state index in [1.54, 1.807) is 41.0 Å². The van der Waals surface area contributed by atoms with Gasteiger partial charge in [0.25, 0.3) is 11.8 Å². The van der Waals surface area contributed by atoms with Gasteiger partial charge in [-0.2, -0.15) is 4.98 Å². The number of nitrogens with one attached hydrogen (secondary N) is 1. The molecule has 3 aromatic rings. The number of amides is 3. The van der Waals surface area contributed by atoms with Crippen molar-refractivity contribution in [2.45, 2.75) is 32.5 Å². The zero-order valence-electron chi connectivity index (χ0n) is 17.4. The average molecular weight is 431 g/mol. The van der Waals surface area contributed by atoms with E-state index in [1.165, 1.54) is 0 Å². The average Bonchev–Trinajstić information content (AvgIpc) is 3.36. The van der Waals surface area contributed by atoms with E-state index in [0.717, 1.165) is 5.56 Å². The number of aromatic nitrogens is 2. The number of anilines is 1. The van der Waals surface area contributed by atoms with Crippen LogP contribution in [0.3, 0.4) is 0 Å². The van der Waals surface area contributed by atoms with Crippen molar-refractivity contribution in [3.63, 3.8) is 0 Å². The lowest BCUT2D eigenvalue weighted by molar-refractivity contribution is -0.121. The molecule has 2 aliphatic rings. The summed E-state index contributed by atoms with van der Waals surface area (Å²) in [5.41, 5.74) is 2.50. The predicted molar refractivity (Wildman–Crippen MR) is 114 cm³/mol. The standard InChI is InChI=1S/C23H21N5O4/c1-14-25-20(32-26-14)13-24-19(29)11-6-12-27-21-15-7-2-3-8-16(15)23(31)28(21)18-10-5-4-9-17(18)22(27)30/h2-5,7-10,21H,6,11-13H2,1H3,(H,24,29)/t21-/m1/s1. The van der Waals surface area contributed by atoms with Crippen LogP contribution in [0.1, 0.15) is 57.0 Å². The van der Waals surface area contributed by atoms with Crippen molar-refractivity contribution in [2.24, 2.45) is 0 Å². The Bertz CT molecular complexity index is 1220. The molecule has 1 aromatic heterocycles. The first-order valence-corrected chi connectivity index (χ1v) is 10.4. The van der Waals surface area contributed by atoms with E-state index in [0.29, 0.717) is 41.5 Å². The molecule has 9 heteroatoms. The van der Waals surface area contributed by atoms with Crippen molar-refractivity contribution in [1.82, 2.24) is 20.4 Å². The van der Waals surface area contributed by atoms with Gasteiger partial charge in [-0.05, 0) is 31.5 Å². The molecule has 0 radical (unpaired) electrons. The highest BCUT2D eigenvalue weighted by Gasteiger charge is 2.47. The molecule has 1 atom stereocenters. The van der Waals surface area contributed by atoms with Crippen LogP contribution in [-0.4, -0.2) is 39.3 Å². The Hall–Kier alpha value is -4.01. The molecule has 2 aromatic carbocycles. The molecule has 1 N–H and O–H groups in total. The lowest BCUT2D eigenvalue weighted by atomic mass is 10.0. The first kappa shape index (κ1) is 19.9. The minimum absolute atomic E-state index is 0.122. The van der Waals surface area contributed by atoms with Crippen LogP contribution in [-0.2, 0) is 11.3 Å². The van der Waals surface area contributed by atoms with Gasteiger partial charge < -0.3 is 14.7 Å². The summed E-state index contributed by atoms with van der Waals surface area (Å²) in [6, 6.07) is 14.5. The molecule has 3 heterocycles. The SMILES string of the molecule is Cc1noc(CNC(=O)CCCN2C(=O)c3ccccc3N3C(=O)c4ccccc4[C@H]23)n1. The van der Waals surface area contributed by atoms with Gasteiger partial charge >= 0.3 is 0 Å². The van der Waals surface area contributed by atoms with Crippen molar-refractivity contribution in [1.29, 1.82) is 0 Å². The monoisotopic (exact) mass is 431 g/mol. The van der Waals surface area contributed by atoms with E-state index < -0.39 is 6.17 Å². The van der Waals surface area contributed by atoms with E-state index >= 15 is 0 Å². The summed E-state index contributed by atoms with van der Waals surface area (Å²) in [5, 5.41) is 6.43. The lowest BCUT2D eigenvalue weighted by Crippen LogP contribution is -2.48. The third kappa shape index (κ3) is 3.31. The van der Waals surface area contributed by atoms with Crippen molar-refractivity contribution >= 4 is 23.4 Å². The molecule has 0 bridgehead atoms. The second kappa shape index (κ2) is 7.92. The van der Waals surface area contributed by atoms with Crippen LogP contribution in [0.4, 0.5) is 5.69 Å². The normalized spacial score (nSPS) is 16.6. The second-order valence-electron chi connectivity index (χ2n) is 7.77. The van der Waals surface area contributed by atoms with E-state index in [-0.39, 0.29) is 30.7 Å². The summed E-state index contributed by atoms with van der Waals surface area (Å²) in [4.78, 5) is 46.1. The Morgan fingerprint density at radius 3 is 2.59 bits per heavy atom. The van der Waals surface area contributed by atoms with Crippen molar-refractivity contribution in [3.8, 4) is 0 Å². The number of fused-ring (bicyclic) bond motifs is 5. The number of carbonyl (C=O) groups is 3. The molecule has 5 rings (SSSR count). The number of aryl methyl sites for hydroxylation is 1. The van der Waals surface area contributed by atoms with Crippen LogP contribution in [0.25, 0.3) is 0 Å². The number of carbonyl (C=O) groups excluding carboxylic acids is 3. The molecule has 162 valence electrons. The Morgan fingerprint density at radius 1 is 1.06 bits per heavy atom. The Morgan fingerprint density at radius 2 is 1.81 bits per heavy atom. The second-order valence-corrected chi connectivity index (χ2v) is 7.77. The lowest BCUT2D eigenvalue weighted by Gasteiger charge is -2.41. The van der Waals surface area contributed by atoms with Crippen LogP contribution >= 0.6 is 0 Å². The fourth-order valence-corrected chi connectivity index (χ4v) is 4.28. The zero-order valence-corrected chi connectivity index (χ0v) is 17.4. The summed E-state index contributed by atoms with van der Waals surface area (Å²) >= 11 is 0. The van der Waals surface area contributed by atoms with Gasteiger partial charge in [-0.15, -0.1) is 0 Å². The summed E-state index contributed by atoms with van der Waals surface area (Å²) in [6.45, 7) is 2.20. The molecule has 2 aliphatic heterocycles. The van der Waals surface area contributed by atoms with Gasteiger partial charge in [-0.25, -0.2) is 0 Å². The molecule has 3 amide bonds. The first-order valence-electron chi connectivity index (χ1n) is 10.4. The topological polar surface area (TPSA) is 109 Å². The largest absolute Gasteiger partial charge is 0.347 e. The van der Waals surface area contributed by atoms with E-state index in [1.807, 2.05) is 24.3 Å². The summed E-state index contributed by atoms with van der Waals surface area (Å²) in [6.07, 6.45) is 0.162. The summed E-state index contributed by atoms with van der Waals surface area (Å²) in [5.74, 6) is 0.408. The molecule has 0 fully saturated rings. The molecule has 0 aliphatic carbocycles. The van der Waals surface area contributed by atoms with Gasteiger partial charge in [0, 0.05) is 24.1 Å². The first-order chi connectivity index (χ1) is 15.5. The molecule has 9 nitrogen and oxygen atoms in total. The number of para-hydroxylation sites is 1. The maximum atomic E-state index is 13.3. The van der Waals surface area contributed by atoms with Crippen LogP contribution in [0.15, 0.2) is 53.1 Å². The van der Waals surface area contributed by atoms with Gasteiger partial charge in [-0.1, -0.05) is 35.5 Å². The number of rotatable bonds is 6. The molecule has 32 heavy (non-hydrogen) atoms. The van der Waals surface area contributed by atoms with Crippen LogP contribution < -0.4 is 10.2 Å². The quantitative estimate of drug-likeness (QED) is 0.643. The third-order valence-electron chi connectivity index (χ3n) is 5.69. The highest BCUT2D eigenvalue weighted by molar-refractivity contribution is 6.16. The van der Waals surface area contributed by atoms with E-state index in [9.17, 15) is 14.4 Å². The van der Waals surface area contributed by atoms with Crippen molar-refractivity contribution < 1.29 is 18.9 Å². The minimum Gasteiger partial charge on any atom is -0.347 e. The van der Waals surface area contributed by atoms with Gasteiger partial charge in [0.2, 0.25) is 11.8 Å². The van der Waals surface area contributed by atoms with Crippen LogP contribution in [0.2, 0.25) is 0 Å². The number of hydrogen-bond donors (Lipinski definition) is 1. The molecular weight excluding hydrogens is 410 g/mol. The van der Waals surface area contributed by atoms with E-state index in [2.05, 4.69) is 15.5 Å². The number of hydrogen-bond acceptors (Lipinski definition) is 6. The van der Waals surface area contributed by atoms with Crippen molar-refractivity contribution in [2.75, 3.05) is 11.4 Å². The van der Waals surface area contributed by atoms with Gasteiger partial charge in [0.05, 0.1) is 17.8 Å². The van der Waals surface area contributed by atoms with Crippen LogP contribution in [0.5, 0.6) is 0 Å². The Kier molecular flexibility index (Phi) is 4.93. The molecular formula is C23H21N5O4. The smallest absolute Gasteiger partial charge is 0.260 e. The summed E-state index contributed by atoms with van der Waals surface area (Å²) in [7, 11) is 0. The van der Waals surface area contributed by atoms with Crippen molar-refractivity contribution in [3.05, 3.63) is 76.9 Å². The van der Waals surface area contributed by atoms with Gasteiger partial charge in [-0.3, -0.25) is 19.3 Å². The summed E-state index contributed by atoms with van der Waals surface area (Å²) < 4.78 is 4.99. The highest BCUT2D eigenvalue weighted by atomic mass is 16.5. The fourth-order valence-electron chi connectivity index (χ4n) is 4.28. The number of benzene rings is 2. The maximum absolute atomic E-state index is 13.3. The van der Waals surface area contributed by atoms with Gasteiger partial charge in [0.15, 0.2) is 5.82 Å². The highest BCUT2D eigenvalue weighted by Crippen LogP contribution is 2.45. The fraction of sp³-hybridized carbons (Fsp3) is 0.261.